The molecule has 2 atom stereocenters. The van der Waals surface area contributed by atoms with Gasteiger partial charge in [-0.05, 0) is 47.0 Å². The number of carboxylic acids is 1. The number of carboxylic acid groups (broad SMARTS) is 1. The van der Waals surface area contributed by atoms with Crippen LogP contribution in [0.15, 0.2) is 0 Å². The number of hydrogen-bond acceptors (Lipinski definition) is 3. The molecule has 0 spiro atoms. The highest BCUT2D eigenvalue weighted by Crippen LogP contribution is 2.22. The highest BCUT2D eigenvalue weighted by atomic mass is 16.5. The Morgan fingerprint density at radius 2 is 1.52 bits per heavy atom. The van der Waals surface area contributed by atoms with Crippen molar-refractivity contribution >= 4 is 5.97 Å². The molecule has 0 aliphatic carbocycles. The lowest BCUT2D eigenvalue weighted by Gasteiger charge is -2.30. The van der Waals surface area contributed by atoms with Crippen molar-refractivity contribution in [2.75, 3.05) is 0 Å². The van der Waals surface area contributed by atoms with E-state index in [1.54, 1.807) is 6.92 Å². The summed E-state index contributed by atoms with van der Waals surface area (Å²) in [7, 11) is 0. The zero-order valence-corrected chi connectivity index (χ0v) is 16.0. The lowest BCUT2D eigenvalue weighted by molar-refractivity contribution is -0.143. The van der Waals surface area contributed by atoms with Gasteiger partial charge in [0.25, 0.3) is 0 Å². The molecule has 4 nitrogen and oxygen atoms in total. The predicted molar refractivity (Wildman–Crippen MR) is 96.7 cm³/mol. The van der Waals surface area contributed by atoms with Gasteiger partial charge in [-0.1, -0.05) is 51.9 Å². The minimum Gasteiger partial charge on any atom is -0.480 e. The molecule has 0 saturated heterocycles. The first-order valence-corrected chi connectivity index (χ1v) is 9.28. The fourth-order valence-electron chi connectivity index (χ4n) is 2.66. The molecule has 0 heterocycles. The average Bonchev–Trinajstić information content (AvgIpc) is 2.42. The van der Waals surface area contributed by atoms with Crippen LogP contribution in [0.5, 0.6) is 0 Å². The Balaban J connectivity index is 4.18. The molecular weight excluding hydrogens is 290 g/mol. The normalized spacial score (nSPS) is 16.1. The highest BCUT2D eigenvalue weighted by molar-refractivity contribution is 5.77. The molecule has 0 bridgehead atoms. The van der Waals surface area contributed by atoms with Crippen LogP contribution in [0.2, 0.25) is 0 Å². The van der Waals surface area contributed by atoms with Crippen molar-refractivity contribution in [3.05, 3.63) is 0 Å². The fraction of sp³-hybridized carbons (Fsp3) is 0.947. The molecule has 138 valence electrons. The minimum absolute atomic E-state index is 0.0906. The van der Waals surface area contributed by atoms with E-state index in [1.165, 1.54) is 38.5 Å². The molecule has 0 aromatic rings. The van der Waals surface area contributed by atoms with Crippen LogP contribution in [0, 0.1) is 0 Å². The van der Waals surface area contributed by atoms with Gasteiger partial charge in [-0.3, -0.25) is 4.79 Å². The van der Waals surface area contributed by atoms with Crippen LogP contribution >= 0.6 is 0 Å². The first kappa shape index (κ1) is 22.4. The molecule has 0 saturated carbocycles. The topological polar surface area (TPSA) is 72.6 Å². The predicted octanol–water partition coefficient (Wildman–Crippen LogP) is 4.89. The van der Waals surface area contributed by atoms with E-state index in [9.17, 15) is 4.79 Å². The van der Waals surface area contributed by atoms with Crippen LogP contribution in [0.4, 0.5) is 0 Å². The van der Waals surface area contributed by atoms with Crippen LogP contribution in [0.25, 0.3) is 0 Å². The van der Waals surface area contributed by atoms with Crippen molar-refractivity contribution in [1.82, 2.24) is 0 Å². The number of rotatable bonds is 13. The second-order valence-corrected chi connectivity index (χ2v) is 8.02. The van der Waals surface area contributed by atoms with Gasteiger partial charge >= 0.3 is 5.97 Å². The Labute approximate surface area is 143 Å². The molecule has 3 N–H and O–H groups in total. The van der Waals surface area contributed by atoms with Gasteiger partial charge < -0.3 is 15.6 Å². The third-order valence-corrected chi connectivity index (χ3v) is 4.12. The van der Waals surface area contributed by atoms with E-state index < -0.39 is 11.5 Å². The fourth-order valence-corrected chi connectivity index (χ4v) is 2.66. The second-order valence-electron chi connectivity index (χ2n) is 8.02. The van der Waals surface area contributed by atoms with Crippen molar-refractivity contribution < 1.29 is 14.6 Å². The standard InChI is InChI=1S/C19H39NO3/c1-6-7-8-9-10-11-12-13-16(23-18(2,3)4)14-15-19(5,20)17(21)22/h16H,6-15,20H2,1-5H3,(H,21,22). The summed E-state index contributed by atoms with van der Waals surface area (Å²) in [5.41, 5.74) is 4.46. The van der Waals surface area contributed by atoms with E-state index in [-0.39, 0.29) is 11.7 Å². The molecule has 0 aromatic heterocycles. The van der Waals surface area contributed by atoms with Crippen molar-refractivity contribution in [3.8, 4) is 0 Å². The highest BCUT2D eigenvalue weighted by Gasteiger charge is 2.29. The van der Waals surface area contributed by atoms with E-state index in [0.717, 1.165) is 12.8 Å². The number of aliphatic carboxylic acids is 1. The average molecular weight is 330 g/mol. The summed E-state index contributed by atoms with van der Waals surface area (Å²) in [5.74, 6) is -0.942. The molecule has 23 heavy (non-hydrogen) atoms. The van der Waals surface area contributed by atoms with Gasteiger partial charge in [0, 0.05) is 0 Å². The van der Waals surface area contributed by atoms with E-state index in [4.69, 9.17) is 15.6 Å². The maximum absolute atomic E-state index is 11.1. The third-order valence-electron chi connectivity index (χ3n) is 4.12. The smallest absolute Gasteiger partial charge is 0.323 e. The molecule has 2 unspecified atom stereocenters. The number of unbranched alkanes of at least 4 members (excludes halogenated alkanes) is 6. The number of nitrogens with two attached hydrogens (primary N) is 1. The van der Waals surface area contributed by atoms with Gasteiger partial charge in [-0.2, -0.15) is 0 Å². The summed E-state index contributed by atoms with van der Waals surface area (Å²) < 4.78 is 6.11. The number of carbonyl (C=O) groups is 1. The molecule has 0 radical (unpaired) electrons. The zero-order valence-electron chi connectivity index (χ0n) is 16.0. The summed E-state index contributed by atoms with van der Waals surface area (Å²) in [6.45, 7) is 9.95. The zero-order chi connectivity index (χ0) is 17.9. The van der Waals surface area contributed by atoms with Crippen LogP contribution in [-0.2, 0) is 9.53 Å². The maximum atomic E-state index is 11.1. The molecule has 0 aliphatic rings. The number of hydrogen-bond donors (Lipinski definition) is 2. The SMILES string of the molecule is CCCCCCCCCC(CCC(C)(N)C(=O)O)OC(C)(C)C. The first-order valence-electron chi connectivity index (χ1n) is 9.28. The van der Waals surface area contributed by atoms with E-state index in [1.807, 2.05) is 20.8 Å². The van der Waals surface area contributed by atoms with Gasteiger partial charge in [0.1, 0.15) is 5.54 Å². The molecule has 0 fully saturated rings. The maximum Gasteiger partial charge on any atom is 0.323 e. The van der Waals surface area contributed by atoms with Gasteiger partial charge in [-0.25, -0.2) is 0 Å². The van der Waals surface area contributed by atoms with Crippen LogP contribution in [0.1, 0.15) is 98.8 Å². The van der Waals surface area contributed by atoms with Crippen molar-refractivity contribution in [1.29, 1.82) is 0 Å². The largest absolute Gasteiger partial charge is 0.480 e. The Morgan fingerprint density at radius 3 is 2.00 bits per heavy atom. The first-order chi connectivity index (χ1) is 10.6. The van der Waals surface area contributed by atoms with E-state index in [2.05, 4.69) is 6.92 Å². The summed E-state index contributed by atoms with van der Waals surface area (Å²) in [4.78, 5) is 11.1. The molecule has 0 amide bonds. The van der Waals surface area contributed by atoms with Crippen molar-refractivity contribution in [3.63, 3.8) is 0 Å². The summed E-state index contributed by atoms with van der Waals surface area (Å²) in [6.07, 6.45) is 11.1. The Hall–Kier alpha value is -0.610. The molecule has 0 aromatic carbocycles. The second kappa shape index (κ2) is 11.0. The molecule has 0 aliphatic heterocycles. The minimum atomic E-state index is -1.17. The lowest BCUT2D eigenvalue weighted by Crippen LogP contribution is -2.45. The quantitative estimate of drug-likeness (QED) is 0.472. The molecule has 4 heteroatoms. The third kappa shape index (κ3) is 12.5. The van der Waals surface area contributed by atoms with E-state index >= 15 is 0 Å². The van der Waals surface area contributed by atoms with Gasteiger partial charge in [-0.15, -0.1) is 0 Å². The number of ether oxygens (including phenoxy) is 1. The Morgan fingerprint density at radius 1 is 1.00 bits per heavy atom. The lowest BCUT2D eigenvalue weighted by atomic mass is 9.93. The molecule has 0 rings (SSSR count). The monoisotopic (exact) mass is 329 g/mol. The van der Waals surface area contributed by atoms with Crippen LogP contribution < -0.4 is 5.73 Å². The van der Waals surface area contributed by atoms with Crippen molar-refractivity contribution in [2.24, 2.45) is 5.73 Å². The summed E-state index contributed by atoms with van der Waals surface area (Å²) in [5, 5.41) is 9.14. The summed E-state index contributed by atoms with van der Waals surface area (Å²) >= 11 is 0. The van der Waals surface area contributed by atoms with Gasteiger partial charge in [0.15, 0.2) is 0 Å². The van der Waals surface area contributed by atoms with Crippen molar-refractivity contribution in [2.45, 2.75) is 116 Å². The Bertz CT molecular complexity index is 321. The summed E-state index contributed by atoms with van der Waals surface area (Å²) in [6, 6.07) is 0. The molecular formula is C19H39NO3. The Kier molecular flexibility index (Phi) is 10.7. The van der Waals surface area contributed by atoms with Crippen LogP contribution in [0.3, 0.4) is 0 Å². The van der Waals surface area contributed by atoms with Crippen LogP contribution in [-0.4, -0.2) is 28.3 Å². The van der Waals surface area contributed by atoms with Gasteiger partial charge in [0.05, 0.1) is 11.7 Å². The van der Waals surface area contributed by atoms with Gasteiger partial charge in [0.2, 0.25) is 0 Å². The van der Waals surface area contributed by atoms with E-state index in [0.29, 0.717) is 12.8 Å².